The number of aromatic nitrogens is 3. The number of piperidine rings is 1. The summed E-state index contributed by atoms with van der Waals surface area (Å²) in [5, 5.41) is 13.9. The van der Waals surface area contributed by atoms with Crippen LogP contribution in [0.3, 0.4) is 0 Å². The molecular formula is C18H19N5OS. The first-order valence-electron chi connectivity index (χ1n) is 8.38. The monoisotopic (exact) mass is 353 g/mol. The van der Waals surface area contributed by atoms with Gasteiger partial charge in [0.05, 0.1) is 5.69 Å². The van der Waals surface area contributed by atoms with Gasteiger partial charge < -0.3 is 5.32 Å². The predicted octanol–water partition coefficient (Wildman–Crippen LogP) is 3.25. The Hall–Kier alpha value is -2.51. The Kier molecular flexibility index (Phi) is 4.58. The zero-order valence-corrected chi connectivity index (χ0v) is 14.5. The fourth-order valence-electron chi connectivity index (χ4n) is 3.00. The van der Waals surface area contributed by atoms with E-state index in [2.05, 4.69) is 25.8 Å². The average Bonchev–Trinajstić information content (AvgIpc) is 3.33. The molecule has 1 fully saturated rings. The number of aromatic amines is 1. The van der Waals surface area contributed by atoms with E-state index in [0.717, 1.165) is 37.2 Å². The van der Waals surface area contributed by atoms with Gasteiger partial charge in [-0.25, -0.2) is 4.98 Å². The molecule has 0 atom stereocenters. The standard InChI is InChI=1S/C18H19N5OS/c24-17(15-10-14(22-23-15)12-4-2-1-3-5-12)21-18-20-11-16(25-18)13-6-8-19-9-7-13/h1-5,10-11,13,19H,6-9H2,(H,22,23)(H,20,21,24). The number of hydrogen-bond donors (Lipinski definition) is 3. The van der Waals surface area contributed by atoms with Gasteiger partial charge in [-0.05, 0) is 37.9 Å². The first-order valence-corrected chi connectivity index (χ1v) is 9.20. The smallest absolute Gasteiger partial charge is 0.275 e. The fraction of sp³-hybridized carbons (Fsp3) is 0.278. The molecule has 1 amide bonds. The van der Waals surface area contributed by atoms with Crippen molar-refractivity contribution in [3.8, 4) is 11.3 Å². The van der Waals surface area contributed by atoms with E-state index in [1.807, 2.05) is 36.5 Å². The van der Waals surface area contributed by atoms with Crippen molar-refractivity contribution in [2.75, 3.05) is 18.4 Å². The van der Waals surface area contributed by atoms with Gasteiger partial charge in [-0.15, -0.1) is 11.3 Å². The number of anilines is 1. The molecule has 3 aromatic rings. The summed E-state index contributed by atoms with van der Waals surface area (Å²) in [6.07, 6.45) is 4.13. The second-order valence-corrected chi connectivity index (χ2v) is 7.14. The van der Waals surface area contributed by atoms with Crippen molar-refractivity contribution in [1.82, 2.24) is 20.5 Å². The van der Waals surface area contributed by atoms with E-state index in [0.29, 0.717) is 16.7 Å². The van der Waals surface area contributed by atoms with Crippen molar-refractivity contribution < 1.29 is 4.79 Å². The van der Waals surface area contributed by atoms with Crippen LogP contribution in [0.5, 0.6) is 0 Å². The minimum Gasteiger partial charge on any atom is -0.317 e. The summed E-state index contributed by atoms with van der Waals surface area (Å²) in [5.41, 5.74) is 2.15. The quantitative estimate of drug-likeness (QED) is 0.672. The number of nitrogens with one attached hydrogen (secondary N) is 3. The van der Waals surface area contributed by atoms with Gasteiger partial charge in [0.1, 0.15) is 5.69 Å². The summed E-state index contributed by atoms with van der Waals surface area (Å²) in [6.45, 7) is 2.08. The molecule has 1 aromatic carbocycles. The van der Waals surface area contributed by atoms with E-state index in [1.54, 1.807) is 17.4 Å². The SMILES string of the molecule is O=C(Nc1ncc(C2CCNCC2)s1)c1cc(-c2ccccc2)n[nH]1. The average molecular weight is 353 g/mol. The minimum atomic E-state index is -0.221. The molecule has 7 heteroatoms. The van der Waals surface area contributed by atoms with Crippen molar-refractivity contribution in [3.63, 3.8) is 0 Å². The first-order chi connectivity index (χ1) is 12.3. The van der Waals surface area contributed by atoms with E-state index in [9.17, 15) is 4.79 Å². The molecule has 25 heavy (non-hydrogen) atoms. The fourth-order valence-corrected chi connectivity index (χ4v) is 3.98. The lowest BCUT2D eigenvalue weighted by molar-refractivity contribution is 0.102. The van der Waals surface area contributed by atoms with Crippen LogP contribution in [0.15, 0.2) is 42.6 Å². The van der Waals surface area contributed by atoms with Crippen LogP contribution in [0.1, 0.15) is 34.1 Å². The van der Waals surface area contributed by atoms with Crippen LogP contribution in [-0.2, 0) is 0 Å². The molecule has 0 aliphatic carbocycles. The van der Waals surface area contributed by atoms with Crippen LogP contribution < -0.4 is 10.6 Å². The van der Waals surface area contributed by atoms with Crippen LogP contribution in [-0.4, -0.2) is 34.2 Å². The number of nitrogens with zero attached hydrogens (tertiary/aromatic N) is 2. The largest absolute Gasteiger partial charge is 0.317 e. The van der Waals surface area contributed by atoms with Crippen LogP contribution in [0.25, 0.3) is 11.3 Å². The Labute approximate surface area is 149 Å². The normalized spacial score (nSPS) is 15.2. The van der Waals surface area contributed by atoms with E-state index in [-0.39, 0.29) is 5.91 Å². The zero-order valence-electron chi connectivity index (χ0n) is 13.7. The lowest BCUT2D eigenvalue weighted by Gasteiger charge is -2.20. The molecule has 1 aliphatic rings. The molecule has 6 nitrogen and oxygen atoms in total. The first kappa shape index (κ1) is 16.0. The summed E-state index contributed by atoms with van der Waals surface area (Å²) < 4.78 is 0. The summed E-state index contributed by atoms with van der Waals surface area (Å²) in [6, 6.07) is 11.5. The van der Waals surface area contributed by atoms with Gasteiger partial charge >= 0.3 is 0 Å². The maximum absolute atomic E-state index is 12.4. The molecule has 4 rings (SSSR count). The molecule has 2 aromatic heterocycles. The third-order valence-electron chi connectivity index (χ3n) is 4.38. The second-order valence-electron chi connectivity index (χ2n) is 6.08. The van der Waals surface area contributed by atoms with E-state index >= 15 is 0 Å². The highest BCUT2D eigenvalue weighted by Crippen LogP contribution is 2.31. The van der Waals surface area contributed by atoms with Crippen molar-refractivity contribution in [2.24, 2.45) is 0 Å². The van der Waals surface area contributed by atoms with Gasteiger partial charge in [0.25, 0.3) is 5.91 Å². The van der Waals surface area contributed by atoms with Crippen molar-refractivity contribution in [2.45, 2.75) is 18.8 Å². The van der Waals surface area contributed by atoms with Crippen molar-refractivity contribution in [3.05, 3.63) is 53.2 Å². The van der Waals surface area contributed by atoms with Crippen LogP contribution in [0.2, 0.25) is 0 Å². The highest BCUT2D eigenvalue weighted by atomic mass is 32.1. The Balaban J connectivity index is 1.44. The molecule has 0 radical (unpaired) electrons. The zero-order chi connectivity index (χ0) is 17.1. The lowest BCUT2D eigenvalue weighted by atomic mass is 9.97. The Morgan fingerprint density at radius 3 is 2.80 bits per heavy atom. The molecule has 0 saturated carbocycles. The van der Waals surface area contributed by atoms with E-state index in [1.165, 1.54) is 4.88 Å². The topological polar surface area (TPSA) is 82.7 Å². The van der Waals surface area contributed by atoms with Gasteiger partial charge in [0.2, 0.25) is 0 Å². The number of carbonyl (C=O) groups is 1. The van der Waals surface area contributed by atoms with Gasteiger partial charge in [-0.2, -0.15) is 5.10 Å². The number of hydrogen-bond acceptors (Lipinski definition) is 5. The van der Waals surface area contributed by atoms with Crippen LogP contribution in [0, 0.1) is 0 Å². The van der Waals surface area contributed by atoms with Crippen molar-refractivity contribution in [1.29, 1.82) is 0 Å². The number of benzene rings is 1. The molecule has 3 N–H and O–H groups in total. The number of H-pyrrole nitrogens is 1. The molecule has 1 saturated heterocycles. The molecule has 0 spiro atoms. The van der Waals surface area contributed by atoms with Gasteiger partial charge in [0.15, 0.2) is 5.13 Å². The van der Waals surface area contributed by atoms with E-state index in [4.69, 9.17) is 0 Å². The highest BCUT2D eigenvalue weighted by molar-refractivity contribution is 7.15. The number of amides is 1. The summed E-state index contributed by atoms with van der Waals surface area (Å²) in [4.78, 5) is 18.0. The molecule has 0 bridgehead atoms. The van der Waals surface area contributed by atoms with E-state index < -0.39 is 0 Å². The molecule has 3 heterocycles. The lowest BCUT2D eigenvalue weighted by Crippen LogP contribution is -2.26. The Morgan fingerprint density at radius 1 is 1.20 bits per heavy atom. The highest BCUT2D eigenvalue weighted by Gasteiger charge is 2.19. The van der Waals surface area contributed by atoms with Crippen LogP contribution in [0.4, 0.5) is 5.13 Å². The molecule has 128 valence electrons. The molecule has 0 unspecified atom stereocenters. The third kappa shape index (κ3) is 3.62. The maximum Gasteiger partial charge on any atom is 0.275 e. The predicted molar refractivity (Wildman–Crippen MR) is 98.9 cm³/mol. The van der Waals surface area contributed by atoms with Gasteiger partial charge in [-0.3, -0.25) is 15.2 Å². The molecule has 1 aliphatic heterocycles. The van der Waals surface area contributed by atoms with Gasteiger partial charge in [0, 0.05) is 16.6 Å². The number of rotatable bonds is 4. The Bertz CT molecular complexity index is 851. The molecular weight excluding hydrogens is 334 g/mol. The van der Waals surface area contributed by atoms with Gasteiger partial charge in [-0.1, -0.05) is 30.3 Å². The number of thiazole rings is 1. The van der Waals surface area contributed by atoms with Crippen LogP contribution >= 0.6 is 11.3 Å². The minimum absolute atomic E-state index is 0.221. The summed E-state index contributed by atoms with van der Waals surface area (Å²) >= 11 is 1.56. The second kappa shape index (κ2) is 7.16. The Morgan fingerprint density at radius 2 is 2.00 bits per heavy atom. The summed E-state index contributed by atoms with van der Waals surface area (Å²) in [5.74, 6) is 0.321. The summed E-state index contributed by atoms with van der Waals surface area (Å²) in [7, 11) is 0. The van der Waals surface area contributed by atoms with Crippen molar-refractivity contribution >= 4 is 22.4 Å². The number of carbonyl (C=O) groups excluding carboxylic acids is 1. The third-order valence-corrected chi connectivity index (χ3v) is 5.45. The maximum atomic E-state index is 12.4.